The average Bonchev–Trinajstić information content (AvgIpc) is 2.87. The molecule has 1 aromatic carbocycles. The monoisotopic (exact) mass is 357 g/mol. The van der Waals surface area contributed by atoms with Crippen molar-refractivity contribution in [3.8, 4) is 0 Å². The summed E-state index contributed by atoms with van der Waals surface area (Å²) < 4.78 is 0. The van der Waals surface area contributed by atoms with E-state index in [4.69, 9.17) is 0 Å². The minimum absolute atomic E-state index is 0.0637. The molecule has 0 spiro atoms. The van der Waals surface area contributed by atoms with E-state index in [9.17, 15) is 9.59 Å². The lowest BCUT2D eigenvalue weighted by Gasteiger charge is -2.24. The fourth-order valence-electron chi connectivity index (χ4n) is 4.10. The molecule has 2 aliphatic heterocycles. The Kier molecular flexibility index (Phi) is 6.17. The zero-order valence-corrected chi connectivity index (χ0v) is 16.1. The summed E-state index contributed by atoms with van der Waals surface area (Å²) in [6, 6.07) is 8.15. The van der Waals surface area contributed by atoms with Gasteiger partial charge in [-0.25, -0.2) is 0 Å². The number of nitrogens with zero attached hydrogens (tertiary/aromatic N) is 3. The maximum atomic E-state index is 12.8. The number of rotatable bonds is 5. The van der Waals surface area contributed by atoms with E-state index in [-0.39, 0.29) is 17.7 Å². The molecule has 0 N–H and O–H groups in total. The maximum absolute atomic E-state index is 12.8. The van der Waals surface area contributed by atoms with E-state index in [0.29, 0.717) is 13.0 Å². The van der Waals surface area contributed by atoms with Gasteiger partial charge >= 0.3 is 0 Å². The minimum Gasteiger partial charge on any atom is -0.372 e. The Morgan fingerprint density at radius 2 is 1.65 bits per heavy atom. The molecular weight excluding hydrogens is 326 g/mol. The van der Waals surface area contributed by atoms with E-state index in [2.05, 4.69) is 30.9 Å². The van der Waals surface area contributed by atoms with Gasteiger partial charge in [0.2, 0.25) is 11.8 Å². The third-order valence-corrected chi connectivity index (χ3v) is 5.68. The van der Waals surface area contributed by atoms with Crippen molar-refractivity contribution in [2.45, 2.75) is 46.0 Å². The van der Waals surface area contributed by atoms with Gasteiger partial charge in [0, 0.05) is 50.5 Å². The Morgan fingerprint density at radius 1 is 1.04 bits per heavy atom. The normalized spacial score (nSPS) is 21.0. The molecule has 1 aromatic rings. The molecule has 5 heteroatoms. The minimum atomic E-state index is -0.192. The number of hydrogen-bond donors (Lipinski definition) is 0. The predicted molar refractivity (Wildman–Crippen MR) is 106 cm³/mol. The third-order valence-electron chi connectivity index (χ3n) is 5.68. The van der Waals surface area contributed by atoms with Crippen molar-refractivity contribution in [3.05, 3.63) is 24.3 Å². The lowest BCUT2D eigenvalue weighted by Crippen LogP contribution is -2.38. The van der Waals surface area contributed by atoms with Crippen LogP contribution >= 0.6 is 0 Å². The highest BCUT2D eigenvalue weighted by Crippen LogP contribution is 2.28. The molecule has 142 valence electrons. The van der Waals surface area contributed by atoms with Crippen molar-refractivity contribution in [3.63, 3.8) is 0 Å². The van der Waals surface area contributed by atoms with Crippen molar-refractivity contribution in [2.75, 3.05) is 42.5 Å². The SMILES string of the molecule is CCN(CC)c1ccc(N2CC(C(=O)N3CCCCCC3)CC2=O)cc1. The first-order chi connectivity index (χ1) is 12.6. The van der Waals surface area contributed by atoms with Crippen LogP contribution in [0.25, 0.3) is 0 Å². The number of carbonyl (C=O) groups excluding carboxylic acids is 2. The standard InChI is InChI=1S/C21H31N3O2/c1-3-22(4-2)18-9-11-19(12-10-18)24-16-17(15-20(24)25)21(26)23-13-7-5-6-8-14-23/h9-12,17H,3-8,13-16H2,1-2H3. The summed E-state index contributed by atoms with van der Waals surface area (Å²) in [7, 11) is 0. The summed E-state index contributed by atoms with van der Waals surface area (Å²) in [6.07, 6.45) is 4.93. The van der Waals surface area contributed by atoms with Crippen molar-refractivity contribution < 1.29 is 9.59 Å². The molecule has 0 bridgehead atoms. The second-order valence-corrected chi connectivity index (χ2v) is 7.33. The van der Waals surface area contributed by atoms with Gasteiger partial charge in [0.25, 0.3) is 0 Å². The topological polar surface area (TPSA) is 43.9 Å². The molecule has 2 heterocycles. The molecular formula is C21H31N3O2. The smallest absolute Gasteiger partial charge is 0.228 e. The highest BCUT2D eigenvalue weighted by atomic mass is 16.2. The predicted octanol–water partition coefficient (Wildman–Crippen LogP) is 3.29. The van der Waals surface area contributed by atoms with Gasteiger partial charge in [0.1, 0.15) is 0 Å². The fraction of sp³-hybridized carbons (Fsp3) is 0.619. The van der Waals surface area contributed by atoms with Crippen LogP contribution < -0.4 is 9.80 Å². The first-order valence-corrected chi connectivity index (χ1v) is 10.1. The molecule has 2 fully saturated rings. The van der Waals surface area contributed by atoms with E-state index in [1.807, 2.05) is 17.0 Å². The third kappa shape index (κ3) is 4.02. The average molecular weight is 357 g/mol. The zero-order chi connectivity index (χ0) is 18.5. The molecule has 2 aliphatic rings. The molecule has 0 radical (unpaired) electrons. The molecule has 2 saturated heterocycles. The molecule has 1 atom stereocenters. The second kappa shape index (κ2) is 8.56. The summed E-state index contributed by atoms with van der Waals surface area (Å²) >= 11 is 0. The molecule has 2 amide bonds. The van der Waals surface area contributed by atoms with Gasteiger partial charge in [0.05, 0.1) is 5.92 Å². The second-order valence-electron chi connectivity index (χ2n) is 7.33. The molecule has 5 nitrogen and oxygen atoms in total. The Bertz CT molecular complexity index is 617. The van der Waals surface area contributed by atoms with Crippen LogP contribution in [0.3, 0.4) is 0 Å². The zero-order valence-electron chi connectivity index (χ0n) is 16.1. The maximum Gasteiger partial charge on any atom is 0.228 e. The van der Waals surface area contributed by atoms with Crippen molar-refractivity contribution in [1.29, 1.82) is 0 Å². The number of carbonyl (C=O) groups is 2. The van der Waals surface area contributed by atoms with Crippen LogP contribution in [0.1, 0.15) is 46.0 Å². The van der Waals surface area contributed by atoms with Crippen LogP contribution in [-0.4, -0.2) is 49.4 Å². The van der Waals surface area contributed by atoms with Crippen LogP contribution in [0.15, 0.2) is 24.3 Å². The molecule has 0 aliphatic carbocycles. The summed E-state index contributed by atoms with van der Waals surface area (Å²) in [5.74, 6) is 0.0410. The van der Waals surface area contributed by atoms with Crippen molar-refractivity contribution in [1.82, 2.24) is 4.90 Å². The Labute approximate surface area is 156 Å². The Balaban J connectivity index is 1.66. The summed E-state index contributed by atoms with van der Waals surface area (Å²) in [4.78, 5) is 31.4. The number of likely N-dealkylation sites (tertiary alicyclic amines) is 1. The molecule has 26 heavy (non-hydrogen) atoms. The van der Waals surface area contributed by atoms with Gasteiger partial charge in [-0.05, 0) is 51.0 Å². The van der Waals surface area contributed by atoms with Crippen LogP contribution in [-0.2, 0) is 9.59 Å². The molecule has 0 saturated carbocycles. The lowest BCUT2D eigenvalue weighted by molar-refractivity contribution is -0.135. The van der Waals surface area contributed by atoms with E-state index < -0.39 is 0 Å². The number of benzene rings is 1. The first-order valence-electron chi connectivity index (χ1n) is 10.1. The quantitative estimate of drug-likeness (QED) is 0.812. The van der Waals surface area contributed by atoms with Crippen molar-refractivity contribution >= 4 is 23.2 Å². The van der Waals surface area contributed by atoms with E-state index in [0.717, 1.165) is 44.7 Å². The van der Waals surface area contributed by atoms with Gasteiger partial charge in [-0.1, -0.05) is 12.8 Å². The number of anilines is 2. The van der Waals surface area contributed by atoms with Crippen molar-refractivity contribution in [2.24, 2.45) is 5.92 Å². The largest absolute Gasteiger partial charge is 0.372 e. The van der Waals surface area contributed by atoms with Gasteiger partial charge in [-0.3, -0.25) is 9.59 Å². The molecule has 1 unspecified atom stereocenters. The van der Waals surface area contributed by atoms with Crippen LogP contribution in [0, 0.1) is 5.92 Å². The van der Waals surface area contributed by atoms with E-state index in [1.165, 1.54) is 18.5 Å². The highest BCUT2D eigenvalue weighted by Gasteiger charge is 2.37. The highest BCUT2D eigenvalue weighted by molar-refractivity contribution is 6.00. The number of hydrogen-bond acceptors (Lipinski definition) is 3. The lowest BCUT2D eigenvalue weighted by atomic mass is 10.1. The van der Waals surface area contributed by atoms with E-state index >= 15 is 0 Å². The fourth-order valence-corrected chi connectivity index (χ4v) is 4.10. The van der Waals surface area contributed by atoms with Crippen LogP contribution in [0.5, 0.6) is 0 Å². The molecule has 0 aromatic heterocycles. The van der Waals surface area contributed by atoms with Gasteiger partial charge in [-0.15, -0.1) is 0 Å². The van der Waals surface area contributed by atoms with Crippen LogP contribution in [0.2, 0.25) is 0 Å². The number of amides is 2. The van der Waals surface area contributed by atoms with E-state index in [1.54, 1.807) is 4.90 Å². The van der Waals surface area contributed by atoms with Crippen LogP contribution in [0.4, 0.5) is 11.4 Å². The summed E-state index contributed by atoms with van der Waals surface area (Å²) in [6.45, 7) is 8.42. The first kappa shape index (κ1) is 18.7. The van der Waals surface area contributed by atoms with Gasteiger partial charge < -0.3 is 14.7 Å². The van der Waals surface area contributed by atoms with Gasteiger partial charge in [0.15, 0.2) is 0 Å². The summed E-state index contributed by atoms with van der Waals surface area (Å²) in [5, 5.41) is 0. The molecule has 3 rings (SSSR count). The van der Waals surface area contributed by atoms with Gasteiger partial charge in [-0.2, -0.15) is 0 Å². The summed E-state index contributed by atoms with van der Waals surface area (Å²) in [5.41, 5.74) is 2.07. The Morgan fingerprint density at radius 3 is 2.23 bits per heavy atom. The Hall–Kier alpha value is -2.04.